The molecule has 0 saturated carbocycles. The van der Waals surface area contributed by atoms with Crippen molar-refractivity contribution in [1.29, 1.82) is 0 Å². The van der Waals surface area contributed by atoms with Gasteiger partial charge in [0.25, 0.3) is 0 Å². The van der Waals surface area contributed by atoms with Crippen LogP contribution in [0.5, 0.6) is 0 Å². The minimum absolute atomic E-state index is 0.281. The molecule has 2 N–H and O–H groups in total. The van der Waals surface area contributed by atoms with Crippen molar-refractivity contribution in [3.05, 3.63) is 35.4 Å². The quantitative estimate of drug-likeness (QED) is 0.783. The summed E-state index contributed by atoms with van der Waals surface area (Å²) in [5.41, 5.74) is 7.36. The maximum absolute atomic E-state index is 11.2. The number of ketones is 1. The Kier molecular flexibility index (Phi) is 5.40. The summed E-state index contributed by atoms with van der Waals surface area (Å²) in [7, 11) is 0. The van der Waals surface area contributed by atoms with Crippen molar-refractivity contribution in [1.82, 2.24) is 0 Å². The Labute approximate surface area is 102 Å². The number of carbonyl (C=O) groups is 2. The molecule has 0 spiro atoms. The molecule has 0 fully saturated rings. The predicted molar refractivity (Wildman–Crippen MR) is 67.6 cm³/mol. The molecule has 0 atom stereocenters. The van der Waals surface area contributed by atoms with Gasteiger partial charge in [0, 0.05) is 19.3 Å². The number of aryl methyl sites for hydroxylation is 2. The SMILES string of the molecule is CCC(=O)CCc1cccc(CCC(N)=O)c1. The molecule has 1 aromatic rings. The molecular weight excluding hydrogens is 214 g/mol. The van der Waals surface area contributed by atoms with Crippen molar-refractivity contribution < 1.29 is 9.59 Å². The Hall–Kier alpha value is -1.64. The molecule has 17 heavy (non-hydrogen) atoms. The molecule has 1 aromatic carbocycles. The monoisotopic (exact) mass is 233 g/mol. The van der Waals surface area contributed by atoms with E-state index in [-0.39, 0.29) is 11.7 Å². The average molecular weight is 233 g/mol. The first kappa shape index (κ1) is 13.4. The summed E-state index contributed by atoms with van der Waals surface area (Å²) in [6.45, 7) is 1.88. The minimum atomic E-state index is -0.281. The van der Waals surface area contributed by atoms with Crippen LogP contribution >= 0.6 is 0 Å². The number of nitrogens with two attached hydrogens (primary N) is 1. The van der Waals surface area contributed by atoms with Gasteiger partial charge in [0.2, 0.25) is 5.91 Å². The van der Waals surface area contributed by atoms with Crippen LogP contribution in [-0.2, 0) is 22.4 Å². The number of benzene rings is 1. The van der Waals surface area contributed by atoms with Crippen molar-refractivity contribution in [2.75, 3.05) is 0 Å². The van der Waals surface area contributed by atoms with Crippen molar-refractivity contribution in [3.63, 3.8) is 0 Å². The van der Waals surface area contributed by atoms with Crippen molar-refractivity contribution in [3.8, 4) is 0 Å². The van der Waals surface area contributed by atoms with Gasteiger partial charge in [-0.2, -0.15) is 0 Å². The topological polar surface area (TPSA) is 60.2 Å². The molecule has 0 saturated heterocycles. The molecule has 0 aliphatic heterocycles. The number of primary amides is 1. The second kappa shape index (κ2) is 6.84. The van der Waals surface area contributed by atoms with Gasteiger partial charge >= 0.3 is 0 Å². The van der Waals surface area contributed by atoms with E-state index in [4.69, 9.17) is 5.73 Å². The van der Waals surface area contributed by atoms with Gasteiger partial charge in [-0.1, -0.05) is 31.2 Å². The van der Waals surface area contributed by atoms with Gasteiger partial charge < -0.3 is 5.73 Å². The zero-order chi connectivity index (χ0) is 12.7. The maximum Gasteiger partial charge on any atom is 0.217 e. The van der Waals surface area contributed by atoms with Gasteiger partial charge in [-0.15, -0.1) is 0 Å². The van der Waals surface area contributed by atoms with E-state index in [9.17, 15) is 9.59 Å². The number of rotatable bonds is 7. The Morgan fingerprint density at radius 1 is 1.12 bits per heavy atom. The van der Waals surface area contributed by atoms with Crippen LogP contribution in [0.15, 0.2) is 24.3 Å². The highest BCUT2D eigenvalue weighted by Crippen LogP contribution is 2.10. The first-order valence-corrected chi connectivity index (χ1v) is 5.99. The Balaban J connectivity index is 2.53. The van der Waals surface area contributed by atoms with Crippen LogP contribution < -0.4 is 5.73 Å². The fraction of sp³-hybridized carbons (Fsp3) is 0.429. The third kappa shape index (κ3) is 5.29. The van der Waals surface area contributed by atoms with Gasteiger partial charge in [-0.05, 0) is 24.0 Å². The first-order chi connectivity index (χ1) is 8.11. The van der Waals surface area contributed by atoms with Crippen LogP contribution in [-0.4, -0.2) is 11.7 Å². The molecule has 92 valence electrons. The van der Waals surface area contributed by atoms with Gasteiger partial charge in [0.05, 0.1) is 0 Å². The summed E-state index contributed by atoms with van der Waals surface area (Å²) >= 11 is 0. The highest BCUT2D eigenvalue weighted by atomic mass is 16.1. The molecule has 0 aromatic heterocycles. The lowest BCUT2D eigenvalue weighted by Gasteiger charge is -2.04. The van der Waals surface area contributed by atoms with Gasteiger partial charge in [-0.25, -0.2) is 0 Å². The van der Waals surface area contributed by atoms with Gasteiger partial charge in [0.15, 0.2) is 0 Å². The lowest BCUT2D eigenvalue weighted by molar-refractivity contribution is -0.119. The van der Waals surface area contributed by atoms with E-state index < -0.39 is 0 Å². The summed E-state index contributed by atoms with van der Waals surface area (Å²) < 4.78 is 0. The van der Waals surface area contributed by atoms with Crippen LogP contribution in [0.1, 0.15) is 37.3 Å². The number of carbonyl (C=O) groups excluding carboxylic acids is 2. The number of hydrogen-bond acceptors (Lipinski definition) is 2. The van der Waals surface area contributed by atoms with E-state index in [1.165, 1.54) is 0 Å². The van der Waals surface area contributed by atoms with Crippen LogP contribution in [0.2, 0.25) is 0 Å². The zero-order valence-electron chi connectivity index (χ0n) is 10.2. The predicted octanol–water partition coefficient (Wildman–Crippen LogP) is 2.02. The van der Waals surface area contributed by atoms with E-state index in [0.29, 0.717) is 25.7 Å². The van der Waals surface area contributed by atoms with Crippen molar-refractivity contribution in [2.45, 2.75) is 39.0 Å². The van der Waals surface area contributed by atoms with Crippen LogP contribution in [0, 0.1) is 0 Å². The molecule has 1 rings (SSSR count). The summed E-state index contributed by atoms with van der Waals surface area (Å²) in [5.74, 6) is 0.00380. The van der Waals surface area contributed by atoms with Crippen LogP contribution in [0.3, 0.4) is 0 Å². The molecule has 0 bridgehead atoms. The van der Waals surface area contributed by atoms with E-state index >= 15 is 0 Å². The fourth-order valence-electron chi connectivity index (χ4n) is 1.67. The second-order valence-electron chi connectivity index (χ2n) is 4.18. The Morgan fingerprint density at radius 3 is 2.24 bits per heavy atom. The lowest BCUT2D eigenvalue weighted by Crippen LogP contribution is -2.11. The smallest absolute Gasteiger partial charge is 0.217 e. The zero-order valence-corrected chi connectivity index (χ0v) is 10.2. The summed E-state index contributed by atoms with van der Waals surface area (Å²) in [5, 5.41) is 0. The molecule has 0 radical (unpaired) electrons. The van der Waals surface area contributed by atoms with Crippen molar-refractivity contribution in [2.24, 2.45) is 5.73 Å². The van der Waals surface area contributed by atoms with Gasteiger partial charge in [0.1, 0.15) is 5.78 Å². The molecular formula is C14H19NO2. The highest BCUT2D eigenvalue weighted by Gasteiger charge is 2.02. The first-order valence-electron chi connectivity index (χ1n) is 5.99. The Bertz CT molecular complexity index is 399. The summed E-state index contributed by atoms with van der Waals surface area (Å²) in [6, 6.07) is 8.00. The highest BCUT2D eigenvalue weighted by molar-refractivity contribution is 5.78. The second-order valence-corrected chi connectivity index (χ2v) is 4.18. The fourth-order valence-corrected chi connectivity index (χ4v) is 1.67. The maximum atomic E-state index is 11.2. The largest absolute Gasteiger partial charge is 0.370 e. The summed E-state index contributed by atoms with van der Waals surface area (Å²) in [4.78, 5) is 21.9. The molecule has 0 aliphatic rings. The van der Waals surface area contributed by atoms with Crippen LogP contribution in [0.25, 0.3) is 0 Å². The number of hydrogen-bond donors (Lipinski definition) is 1. The number of amides is 1. The molecule has 3 heteroatoms. The third-order valence-electron chi connectivity index (χ3n) is 2.74. The van der Waals surface area contributed by atoms with Gasteiger partial charge in [-0.3, -0.25) is 9.59 Å². The molecule has 0 unspecified atom stereocenters. The normalized spacial score (nSPS) is 10.2. The van der Waals surface area contributed by atoms with Crippen molar-refractivity contribution >= 4 is 11.7 Å². The van der Waals surface area contributed by atoms with E-state index in [1.54, 1.807) is 0 Å². The summed E-state index contributed by atoms with van der Waals surface area (Å²) in [6.07, 6.45) is 3.01. The molecule has 3 nitrogen and oxygen atoms in total. The lowest BCUT2D eigenvalue weighted by atomic mass is 10.0. The standard InChI is InChI=1S/C14H19NO2/c1-2-13(16)8-6-11-4-3-5-12(10-11)7-9-14(15)17/h3-5,10H,2,6-9H2,1H3,(H2,15,17). The molecule has 1 amide bonds. The Morgan fingerprint density at radius 2 is 1.71 bits per heavy atom. The number of Topliss-reactive ketones (excluding diaryl/α,β-unsaturated/α-hetero) is 1. The third-order valence-corrected chi connectivity index (χ3v) is 2.74. The van der Waals surface area contributed by atoms with E-state index in [2.05, 4.69) is 0 Å². The van der Waals surface area contributed by atoms with E-state index in [0.717, 1.165) is 17.5 Å². The average Bonchev–Trinajstić information content (AvgIpc) is 2.34. The van der Waals surface area contributed by atoms with Crippen LogP contribution in [0.4, 0.5) is 0 Å². The molecule has 0 aliphatic carbocycles. The molecule has 0 heterocycles. The minimum Gasteiger partial charge on any atom is -0.370 e. The van der Waals surface area contributed by atoms with E-state index in [1.807, 2.05) is 31.2 Å².